The Morgan fingerprint density at radius 1 is 1.19 bits per heavy atom. The molecule has 0 aliphatic rings. The summed E-state index contributed by atoms with van der Waals surface area (Å²) >= 11 is 0. The van der Waals surface area contributed by atoms with E-state index in [-0.39, 0.29) is 5.60 Å². The maximum Gasteiger partial charge on any atom is 0.0713 e. The molecule has 2 nitrogen and oxygen atoms in total. The van der Waals surface area contributed by atoms with Crippen LogP contribution in [0.4, 0.5) is 0 Å². The summed E-state index contributed by atoms with van der Waals surface area (Å²) in [7, 11) is 4.08. The average Bonchev–Trinajstić information content (AvgIpc) is 2.31. The third-order valence-electron chi connectivity index (χ3n) is 4.04. The molecule has 0 saturated heterocycles. The van der Waals surface area contributed by atoms with Crippen molar-refractivity contribution in [1.82, 2.24) is 4.90 Å². The molecule has 0 aromatic carbocycles. The average molecular weight is 229 g/mol. The first-order valence-electron chi connectivity index (χ1n) is 6.79. The molecule has 2 unspecified atom stereocenters. The van der Waals surface area contributed by atoms with Crippen LogP contribution in [0.2, 0.25) is 0 Å². The van der Waals surface area contributed by atoms with Gasteiger partial charge < -0.3 is 9.64 Å². The van der Waals surface area contributed by atoms with Crippen LogP contribution in [-0.2, 0) is 4.74 Å². The highest BCUT2D eigenvalue weighted by Gasteiger charge is 2.33. The number of hydrogen-bond acceptors (Lipinski definition) is 2. The lowest BCUT2D eigenvalue weighted by Crippen LogP contribution is -2.41. The van der Waals surface area contributed by atoms with E-state index >= 15 is 0 Å². The van der Waals surface area contributed by atoms with E-state index in [2.05, 4.69) is 39.6 Å². The second-order valence-corrected chi connectivity index (χ2v) is 4.99. The molecule has 2 atom stereocenters. The van der Waals surface area contributed by atoms with Gasteiger partial charge in [0.2, 0.25) is 0 Å². The van der Waals surface area contributed by atoms with Crippen molar-refractivity contribution in [2.45, 2.75) is 59.0 Å². The van der Waals surface area contributed by atoms with Crippen molar-refractivity contribution in [3.05, 3.63) is 0 Å². The van der Waals surface area contributed by atoms with Gasteiger partial charge in [-0.3, -0.25) is 0 Å². The molecule has 0 aromatic heterocycles. The lowest BCUT2D eigenvalue weighted by molar-refractivity contribution is -0.0676. The fourth-order valence-corrected chi connectivity index (χ4v) is 2.46. The van der Waals surface area contributed by atoms with E-state index < -0.39 is 0 Å². The van der Waals surface area contributed by atoms with Crippen molar-refractivity contribution in [3.63, 3.8) is 0 Å². The lowest BCUT2D eigenvalue weighted by atomic mass is 9.81. The molecule has 98 valence electrons. The Kier molecular flexibility index (Phi) is 8.04. The molecule has 0 amide bonds. The highest BCUT2D eigenvalue weighted by molar-refractivity contribution is 4.85. The maximum atomic E-state index is 5.84. The fraction of sp³-hybridized carbons (Fsp3) is 1.00. The van der Waals surface area contributed by atoms with E-state index in [4.69, 9.17) is 4.74 Å². The maximum absolute atomic E-state index is 5.84. The number of nitrogens with zero attached hydrogens (tertiary/aromatic N) is 1. The Bertz CT molecular complexity index is 166. The summed E-state index contributed by atoms with van der Waals surface area (Å²) in [5.41, 5.74) is 0.0801. The molecule has 0 radical (unpaired) electrons. The highest BCUT2D eigenvalue weighted by Crippen LogP contribution is 2.31. The quantitative estimate of drug-likeness (QED) is 0.599. The smallest absolute Gasteiger partial charge is 0.0713 e. The summed E-state index contributed by atoms with van der Waals surface area (Å²) in [5, 5.41) is 0. The minimum absolute atomic E-state index is 0.0801. The SMILES string of the molecule is CCCN(C)CCC(CC)(OC)C(C)CC. The van der Waals surface area contributed by atoms with E-state index in [9.17, 15) is 0 Å². The standard InChI is InChI=1S/C14H31NO/c1-7-11-15(5)12-10-14(9-3,16-6)13(4)8-2/h13H,7-12H2,1-6H3. The van der Waals surface area contributed by atoms with Gasteiger partial charge in [0.25, 0.3) is 0 Å². The third-order valence-corrected chi connectivity index (χ3v) is 4.04. The second-order valence-electron chi connectivity index (χ2n) is 4.99. The molecule has 0 aliphatic carbocycles. The molecule has 0 aromatic rings. The molecular weight excluding hydrogens is 198 g/mol. The van der Waals surface area contributed by atoms with Crippen LogP contribution in [0.25, 0.3) is 0 Å². The van der Waals surface area contributed by atoms with E-state index in [1.54, 1.807) is 0 Å². The summed E-state index contributed by atoms with van der Waals surface area (Å²) in [6, 6.07) is 0. The van der Waals surface area contributed by atoms with Gasteiger partial charge in [-0.15, -0.1) is 0 Å². The van der Waals surface area contributed by atoms with Crippen LogP contribution in [0.15, 0.2) is 0 Å². The number of rotatable bonds is 9. The van der Waals surface area contributed by atoms with Crippen molar-refractivity contribution in [2.75, 3.05) is 27.2 Å². The molecule has 0 bridgehead atoms. The Morgan fingerprint density at radius 2 is 1.81 bits per heavy atom. The fourth-order valence-electron chi connectivity index (χ4n) is 2.46. The van der Waals surface area contributed by atoms with E-state index in [1.165, 1.54) is 19.4 Å². The van der Waals surface area contributed by atoms with Gasteiger partial charge in [-0.2, -0.15) is 0 Å². The number of hydrogen-bond donors (Lipinski definition) is 0. The van der Waals surface area contributed by atoms with Gasteiger partial charge >= 0.3 is 0 Å². The van der Waals surface area contributed by atoms with Gasteiger partial charge in [0.15, 0.2) is 0 Å². The van der Waals surface area contributed by atoms with Gasteiger partial charge in [0.1, 0.15) is 0 Å². The predicted molar refractivity (Wildman–Crippen MR) is 71.9 cm³/mol. The molecular formula is C14H31NO. The van der Waals surface area contributed by atoms with Crippen LogP contribution in [0.3, 0.4) is 0 Å². The van der Waals surface area contributed by atoms with E-state index in [0.717, 1.165) is 19.4 Å². The summed E-state index contributed by atoms with van der Waals surface area (Å²) < 4.78 is 5.84. The van der Waals surface area contributed by atoms with Crippen molar-refractivity contribution in [2.24, 2.45) is 5.92 Å². The molecule has 0 N–H and O–H groups in total. The zero-order chi connectivity index (χ0) is 12.6. The summed E-state index contributed by atoms with van der Waals surface area (Å²) in [6.45, 7) is 11.4. The van der Waals surface area contributed by atoms with Crippen LogP contribution < -0.4 is 0 Å². The number of ether oxygens (including phenoxy) is 1. The van der Waals surface area contributed by atoms with Crippen molar-refractivity contribution < 1.29 is 4.74 Å². The molecule has 0 aliphatic heterocycles. The zero-order valence-corrected chi connectivity index (χ0v) is 12.2. The normalized spacial score (nSPS) is 17.4. The topological polar surface area (TPSA) is 12.5 Å². The molecule has 2 heteroatoms. The Balaban J connectivity index is 4.32. The Labute approximate surface area is 102 Å². The van der Waals surface area contributed by atoms with Crippen molar-refractivity contribution in [1.29, 1.82) is 0 Å². The van der Waals surface area contributed by atoms with Crippen LogP contribution in [0, 0.1) is 5.92 Å². The molecule has 0 spiro atoms. The van der Waals surface area contributed by atoms with Crippen LogP contribution >= 0.6 is 0 Å². The van der Waals surface area contributed by atoms with E-state index in [0.29, 0.717) is 5.92 Å². The van der Waals surface area contributed by atoms with Gasteiger partial charge in [-0.1, -0.05) is 34.1 Å². The minimum Gasteiger partial charge on any atom is -0.378 e. The lowest BCUT2D eigenvalue weighted by Gasteiger charge is -2.38. The highest BCUT2D eigenvalue weighted by atomic mass is 16.5. The minimum atomic E-state index is 0.0801. The first kappa shape index (κ1) is 15.9. The monoisotopic (exact) mass is 229 g/mol. The Hall–Kier alpha value is -0.0800. The van der Waals surface area contributed by atoms with Gasteiger partial charge in [0.05, 0.1) is 5.60 Å². The van der Waals surface area contributed by atoms with Crippen LogP contribution in [0.5, 0.6) is 0 Å². The first-order chi connectivity index (χ1) is 7.56. The summed E-state index contributed by atoms with van der Waals surface area (Å²) in [6.07, 6.45) is 4.68. The zero-order valence-electron chi connectivity index (χ0n) is 12.2. The van der Waals surface area contributed by atoms with Crippen molar-refractivity contribution >= 4 is 0 Å². The predicted octanol–water partition coefficient (Wildman–Crippen LogP) is 3.56. The molecule has 0 fully saturated rings. The van der Waals surface area contributed by atoms with Crippen molar-refractivity contribution in [3.8, 4) is 0 Å². The first-order valence-corrected chi connectivity index (χ1v) is 6.79. The summed E-state index contributed by atoms with van der Waals surface area (Å²) in [5.74, 6) is 0.637. The molecule has 0 saturated carbocycles. The van der Waals surface area contributed by atoms with Gasteiger partial charge in [-0.05, 0) is 38.8 Å². The third kappa shape index (κ3) is 4.42. The van der Waals surface area contributed by atoms with Crippen LogP contribution in [-0.4, -0.2) is 37.7 Å². The van der Waals surface area contributed by atoms with E-state index in [1.807, 2.05) is 7.11 Å². The van der Waals surface area contributed by atoms with Gasteiger partial charge in [-0.25, -0.2) is 0 Å². The molecule has 0 rings (SSSR count). The largest absolute Gasteiger partial charge is 0.378 e. The van der Waals surface area contributed by atoms with Crippen LogP contribution in [0.1, 0.15) is 53.4 Å². The summed E-state index contributed by atoms with van der Waals surface area (Å²) in [4.78, 5) is 2.41. The number of methoxy groups -OCH3 is 1. The molecule has 16 heavy (non-hydrogen) atoms. The van der Waals surface area contributed by atoms with Gasteiger partial charge in [0, 0.05) is 13.7 Å². The second kappa shape index (κ2) is 8.08. The Morgan fingerprint density at radius 3 is 2.19 bits per heavy atom. The molecule has 0 heterocycles.